The highest BCUT2D eigenvalue weighted by Gasteiger charge is 2.64. The number of halogens is 5. The lowest BCUT2D eigenvalue weighted by Gasteiger charge is -2.24. The van der Waals surface area contributed by atoms with E-state index in [2.05, 4.69) is 4.98 Å². The summed E-state index contributed by atoms with van der Waals surface area (Å²) < 4.78 is 61.5. The summed E-state index contributed by atoms with van der Waals surface area (Å²) in [5.41, 5.74) is 0.498. The summed E-state index contributed by atoms with van der Waals surface area (Å²) >= 11 is 0. The number of rotatable bonds is 4. The Hall–Kier alpha value is -1.73. The zero-order chi connectivity index (χ0) is 14.7. The van der Waals surface area contributed by atoms with Crippen LogP contribution in [0.2, 0.25) is 0 Å². The van der Waals surface area contributed by atoms with Crippen LogP contribution in [0.4, 0.5) is 22.0 Å². The van der Waals surface area contributed by atoms with E-state index in [1.807, 2.05) is 0 Å². The highest BCUT2D eigenvalue weighted by molar-refractivity contribution is 5.84. The summed E-state index contributed by atoms with van der Waals surface area (Å²) in [6.45, 7) is -0.276. The highest BCUT2D eigenvalue weighted by Crippen LogP contribution is 2.36. The number of nitrogens with zero attached hydrogens (tertiary/aromatic N) is 2. The molecule has 1 aromatic heterocycles. The van der Waals surface area contributed by atoms with Crippen LogP contribution in [0.5, 0.6) is 0 Å². The van der Waals surface area contributed by atoms with E-state index >= 15 is 0 Å². The van der Waals surface area contributed by atoms with Crippen molar-refractivity contribution in [1.82, 2.24) is 9.88 Å². The number of carbonyl (C=O) groups is 1. The third-order valence-corrected chi connectivity index (χ3v) is 2.40. The fourth-order valence-corrected chi connectivity index (χ4v) is 1.29. The van der Waals surface area contributed by atoms with Crippen molar-refractivity contribution in [3.63, 3.8) is 0 Å². The van der Waals surface area contributed by atoms with Crippen LogP contribution < -0.4 is 0 Å². The van der Waals surface area contributed by atoms with Gasteiger partial charge < -0.3 is 4.90 Å². The van der Waals surface area contributed by atoms with Gasteiger partial charge in [0, 0.05) is 31.9 Å². The molecule has 0 aliphatic rings. The number of likely N-dealkylation sites (N-methyl/N-ethyl adjacent to an activating group) is 1. The van der Waals surface area contributed by atoms with Crippen LogP contribution in [-0.4, -0.2) is 41.5 Å². The SMILES string of the molecule is CN(CCc1ccccn1)C(=O)C(F)(F)C(F)(F)F. The van der Waals surface area contributed by atoms with Crippen molar-refractivity contribution in [2.45, 2.75) is 18.5 Å². The van der Waals surface area contributed by atoms with E-state index in [9.17, 15) is 26.7 Å². The molecule has 0 spiro atoms. The zero-order valence-electron chi connectivity index (χ0n) is 9.92. The molecule has 3 nitrogen and oxygen atoms in total. The molecule has 0 aliphatic heterocycles. The van der Waals surface area contributed by atoms with Gasteiger partial charge in [-0.05, 0) is 12.1 Å². The number of aromatic nitrogens is 1. The molecule has 19 heavy (non-hydrogen) atoms. The Morgan fingerprint density at radius 2 is 1.89 bits per heavy atom. The summed E-state index contributed by atoms with van der Waals surface area (Å²) in [7, 11) is 0.894. The molecule has 1 heterocycles. The number of alkyl halides is 5. The second-order valence-electron chi connectivity index (χ2n) is 3.87. The largest absolute Gasteiger partial charge is 0.463 e. The minimum atomic E-state index is -5.89. The summed E-state index contributed by atoms with van der Waals surface area (Å²) in [6, 6.07) is 4.87. The second kappa shape index (κ2) is 5.50. The van der Waals surface area contributed by atoms with E-state index in [0.29, 0.717) is 10.6 Å². The molecule has 0 saturated carbocycles. The molecule has 0 radical (unpaired) electrons. The third kappa shape index (κ3) is 3.62. The Labute approximate surface area is 106 Å². The molecule has 0 aliphatic carbocycles. The topological polar surface area (TPSA) is 33.2 Å². The molecule has 0 N–H and O–H groups in total. The van der Waals surface area contributed by atoms with E-state index in [4.69, 9.17) is 0 Å². The summed E-state index contributed by atoms with van der Waals surface area (Å²) in [4.78, 5) is 15.3. The Balaban J connectivity index is 2.64. The first-order valence-corrected chi connectivity index (χ1v) is 5.26. The van der Waals surface area contributed by atoms with Gasteiger partial charge in [-0.25, -0.2) is 0 Å². The van der Waals surface area contributed by atoms with E-state index < -0.39 is 18.0 Å². The normalized spacial score (nSPS) is 12.3. The average molecular weight is 282 g/mol. The highest BCUT2D eigenvalue weighted by atomic mass is 19.4. The fourth-order valence-electron chi connectivity index (χ4n) is 1.29. The molecular formula is C11H11F5N2O. The lowest BCUT2D eigenvalue weighted by molar-refractivity contribution is -0.273. The Bertz CT molecular complexity index is 432. The van der Waals surface area contributed by atoms with Crippen LogP contribution in [-0.2, 0) is 11.2 Å². The van der Waals surface area contributed by atoms with E-state index in [0.717, 1.165) is 7.05 Å². The first-order valence-electron chi connectivity index (χ1n) is 5.26. The molecule has 0 aromatic carbocycles. The molecule has 106 valence electrons. The summed E-state index contributed by atoms with van der Waals surface area (Å²) in [5, 5.41) is 0. The lowest BCUT2D eigenvalue weighted by atomic mass is 10.2. The zero-order valence-corrected chi connectivity index (χ0v) is 9.92. The van der Waals surface area contributed by atoms with Crippen LogP contribution in [0.3, 0.4) is 0 Å². The number of amides is 1. The van der Waals surface area contributed by atoms with Gasteiger partial charge in [0.15, 0.2) is 0 Å². The minimum Gasteiger partial charge on any atom is -0.340 e. The van der Waals surface area contributed by atoms with Gasteiger partial charge in [0.05, 0.1) is 0 Å². The summed E-state index contributed by atoms with van der Waals surface area (Å²) in [6.07, 6.45) is -4.33. The first kappa shape index (κ1) is 15.3. The van der Waals surface area contributed by atoms with Gasteiger partial charge in [0.25, 0.3) is 0 Å². The first-order chi connectivity index (χ1) is 8.66. The van der Waals surface area contributed by atoms with Gasteiger partial charge in [-0.15, -0.1) is 0 Å². The van der Waals surface area contributed by atoms with Crippen molar-refractivity contribution < 1.29 is 26.7 Å². The second-order valence-corrected chi connectivity index (χ2v) is 3.87. The minimum absolute atomic E-state index is 0.0943. The molecule has 0 unspecified atom stereocenters. The van der Waals surface area contributed by atoms with Gasteiger partial charge in [0.2, 0.25) is 0 Å². The van der Waals surface area contributed by atoms with Crippen molar-refractivity contribution in [2.75, 3.05) is 13.6 Å². The van der Waals surface area contributed by atoms with Crippen LogP contribution in [0.1, 0.15) is 5.69 Å². The maximum Gasteiger partial charge on any atom is 0.463 e. The fraction of sp³-hybridized carbons (Fsp3) is 0.455. The van der Waals surface area contributed by atoms with Gasteiger partial charge in [0.1, 0.15) is 0 Å². The third-order valence-electron chi connectivity index (χ3n) is 2.40. The number of pyridine rings is 1. The molecule has 0 atom stereocenters. The van der Waals surface area contributed by atoms with Crippen molar-refractivity contribution in [3.05, 3.63) is 30.1 Å². The summed E-state index contributed by atoms with van der Waals surface area (Å²) in [5.74, 6) is -7.64. The molecule has 1 rings (SSSR count). The van der Waals surface area contributed by atoms with Gasteiger partial charge in [-0.1, -0.05) is 6.07 Å². The molecule has 1 aromatic rings. The van der Waals surface area contributed by atoms with Crippen LogP contribution in [0.25, 0.3) is 0 Å². The van der Waals surface area contributed by atoms with Crippen molar-refractivity contribution >= 4 is 5.91 Å². The quantitative estimate of drug-likeness (QED) is 0.794. The number of hydrogen-bond acceptors (Lipinski definition) is 2. The smallest absolute Gasteiger partial charge is 0.340 e. The van der Waals surface area contributed by atoms with E-state index in [-0.39, 0.29) is 13.0 Å². The predicted octanol–water partition coefficient (Wildman–Crippen LogP) is 2.28. The maximum atomic E-state index is 12.8. The molecule has 8 heteroatoms. The van der Waals surface area contributed by atoms with Gasteiger partial charge >= 0.3 is 18.0 Å². The Kier molecular flexibility index (Phi) is 4.43. The average Bonchev–Trinajstić information content (AvgIpc) is 2.34. The van der Waals surface area contributed by atoms with Crippen molar-refractivity contribution in [2.24, 2.45) is 0 Å². The van der Waals surface area contributed by atoms with Crippen LogP contribution in [0.15, 0.2) is 24.4 Å². The predicted molar refractivity (Wildman–Crippen MR) is 56.6 cm³/mol. The van der Waals surface area contributed by atoms with Crippen molar-refractivity contribution in [1.29, 1.82) is 0 Å². The molecular weight excluding hydrogens is 271 g/mol. The molecule has 0 bridgehead atoms. The van der Waals surface area contributed by atoms with Crippen LogP contribution in [0, 0.1) is 0 Å². The van der Waals surface area contributed by atoms with Gasteiger partial charge in [-0.2, -0.15) is 22.0 Å². The molecule has 0 fully saturated rings. The number of hydrogen-bond donors (Lipinski definition) is 0. The monoisotopic (exact) mass is 282 g/mol. The molecule has 0 saturated heterocycles. The van der Waals surface area contributed by atoms with Crippen molar-refractivity contribution in [3.8, 4) is 0 Å². The van der Waals surface area contributed by atoms with Gasteiger partial charge in [-0.3, -0.25) is 9.78 Å². The maximum absolute atomic E-state index is 12.8. The molecule has 1 amide bonds. The Morgan fingerprint density at radius 1 is 1.26 bits per heavy atom. The Morgan fingerprint density at radius 3 is 2.37 bits per heavy atom. The van der Waals surface area contributed by atoms with E-state index in [1.165, 1.54) is 6.20 Å². The lowest BCUT2D eigenvalue weighted by Crippen LogP contribution is -2.51. The van der Waals surface area contributed by atoms with Crippen LogP contribution >= 0.6 is 0 Å². The standard InChI is InChI=1S/C11H11F5N2O/c1-18(7-5-8-4-2-3-6-17-8)9(19)10(12,13)11(14,15)16/h2-4,6H,5,7H2,1H3. The van der Waals surface area contributed by atoms with E-state index in [1.54, 1.807) is 18.2 Å². The number of carbonyl (C=O) groups excluding carboxylic acids is 1.